The molecule has 2 aromatic heterocycles. The molecule has 0 saturated carbocycles. The molecule has 1 atom stereocenters. The standard InChI is InChI=1S/C23H28FN7OS/c1-13-11-31(12-16(8-25)21(13)26)33-20-7-19(29(3)14(20)2)23(32)27-10-17-18(24)6-5-15-9-28-30(4)22(15)17/h5-9,13,25H,10-12,26H2,1-4H3,(H,27,32). The van der Waals surface area contributed by atoms with E-state index in [-0.39, 0.29) is 24.2 Å². The van der Waals surface area contributed by atoms with Crippen LogP contribution in [0.25, 0.3) is 10.9 Å². The highest BCUT2D eigenvalue weighted by molar-refractivity contribution is 7.97. The number of carbonyl (C=O) groups excluding carboxylic acids is 1. The first kappa shape index (κ1) is 23.1. The molecule has 1 unspecified atom stereocenters. The number of rotatable bonds is 6. The topological polar surface area (TPSA) is 105 Å². The van der Waals surface area contributed by atoms with E-state index in [1.54, 1.807) is 35.9 Å². The number of fused-ring (bicyclic) bond motifs is 1. The van der Waals surface area contributed by atoms with Crippen LogP contribution in [0.15, 0.2) is 40.6 Å². The smallest absolute Gasteiger partial charge is 0.268 e. The Morgan fingerprint density at radius 1 is 1.42 bits per heavy atom. The molecule has 1 amide bonds. The average molecular weight is 470 g/mol. The number of nitrogens with zero attached hydrogens (tertiary/aromatic N) is 4. The van der Waals surface area contributed by atoms with Crippen molar-refractivity contribution in [2.75, 3.05) is 13.1 Å². The van der Waals surface area contributed by atoms with Crippen LogP contribution < -0.4 is 11.1 Å². The molecule has 8 nitrogen and oxygen atoms in total. The summed E-state index contributed by atoms with van der Waals surface area (Å²) in [5, 5.41) is 15.5. The first-order valence-electron chi connectivity index (χ1n) is 10.7. The fourth-order valence-electron chi connectivity index (χ4n) is 4.14. The second-order valence-corrected chi connectivity index (χ2v) is 9.53. The lowest BCUT2D eigenvalue weighted by Gasteiger charge is -2.31. The van der Waals surface area contributed by atoms with Crippen LogP contribution in [0.4, 0.5) is 4.39 Å². The van der Waals surface area contributed by atoms with Gasteiger partial charge < -0.3 is 21.0 Å². The van der Waals surface area contributed by atoms with Crippen molar-refractivity contribution in [2.24, 2.45) is 25.7 Å². The molecular formula is C23H28FN7OS. The van der Waals surface area contributed by atoms with Gasteiger partial charge in [0.15, 0.2) is 0 Å². The second kappa shape index (κ2) is 9.03. The first-order chi connectivity index (χ1) is 15.7. The molecule has 3 heterocycles. The van der Waals surface area contributed by atoms with Gasteiger partial charge in [-0.15, -0.1) is 0 Å². The van der Waals surface area contributed by atoms with Crippen LogP contribution in [0, 0.1) is 24.1 Å². The summed E-state index contributed by atoms with van der Waals surface area (Å²) in [6.07, 6.45) is 3.00. The Kier molecular flexibility index (Phi) is 6.31. The van der Waals surface area contributed by atoms with Crippen molar-refractivity contribution >= 4 is 35.0 Å². The van der Waals surface area contributed by atoms with Gasteiger partial charge in [-0.25, -0.2) is 8.70 Å². The van der Waals surface area contributed by atoms with Gasteiger partial charge in [0.2, 0.25) is 0 Å². The molecule has 0 radical (unpaired) electrons. The van der Waals surface area contributed by atoms with Gasteiger partial charge in [0.25, 0.3) is 5.91 Å². The van der Waals surface area contributed by atoms with E-state index in [1.165, 1.54) is 12.3 Å². The molecule has 0 saturated heterocycles. The lowest BCUT2D eigenvalue weighted by atomic mass is 10.00. The molecule has 4 rings (SSSR count). The van der Waals surface area contributed by atoms with E-state index in [0.717, 1.165) is 33.8 Å². The van der Waals surface area contributed by atoms with E-state index in [2.05, 4.69) is 14.7 Å². The first-order valence-corrected chi connectivity index (χ1v) is 11.4. The highest BCUT2D eigenvalue weighted by Gasteiger charge is 2.25. The minimum atomic E-state index is -0.376. The molecule has 0 spiro atoms. The third-order valence-electron chi connectivity index (χ3n) is 6.23. The Labute approximate surface area is 196 Å². The molecule has 0 bridgehead atoms. The molecule has 1 aliphatic heterocycles. The van der Waals surface area contributed by atoms with Crippen LogP contribution in [0.1, 0.15) is 28.7 Å². The van der Waals surface area contributed by atoms with Crippen LogP contribution in [-0.2, 0) is 20.6 Å². The van der Waals surface area contributed by atoms with Gasteiger partial charge in [0.1, 0.15) is 11.5 Å². The summed E-state index contributed by atoms with van der Waals surface area (Å²) in [6, 6.07) is 4.93. The van der Waals surface area contributed by atoms with Crippen molar-refractivity contribution in [2.45, 2.75) is 25.3 Å². The van der Waals surface area contributed by atoms with Crippen LogP contribution in [0.2, 0.25) is 0 Å². The molecule has 0 aliphatic carbocycles. The van der Waals surface area contributed by atoms with E-state index >= 15 is 0 Å². The van der Waals surface area contributed by atoms with Gasteiger partial charge in [0.05, 0.1) is 11.7 Å². The Morgan fingerprint density at radius 3 is 2.91 bits per heavy atom. The number of nitrogens with one attached hydrogen (secondary N) is 2. The quantitative estimate of drug-likeness (QED) is 0.380. The third-order valence-corrected chi connectivity index (χ3v) is 7.37. The van der Waals surface area contributed by atoms with Crippen LogP contribution in [-0.4, -0.2) is 43.9 Å². The lowest BCUT2D eigenvalue weighted by molar-refractivity contribution is 0.0942. The Balaban J connectivity index is 1.51. The predicted molar refractivity (Wildman–Crippen MR) is 129 cm³/mol. The van der Waals surface area contributed by atoms with Gasteiger partial charge in [-0.3, -0.25) is 9.48 Å². The molecule has 3 aromatic rings. The molecule has 1 aromatic carbocycles. The number of hydrogen-bond acceptors (Lipinski definition) is 6. The van der Waals surface area contributed by atoms with E-state index in [9.17, 15) is 9.18 Å². The highest BCUT2D eigenvalue weighted by atomic mass is 32.2. The summed E-state index contributed by atoms with van der Waals surface area (Å²) in [4.78, 5) is 14.0. The van der Waals surface area contributed by atoms with Crippen LogP contribution >= 0.6 is 11.9 Å². The molecule has 33 heavy (non-hydrogen) atoms. The lowest BCUT2D eigenvalue weighted by Crippen LogP contribution is -2.34. The fraction of sp³-hybridized carbons (Fsp3) is 0.348. The minimum Gasteiger partial charge on any atom is -0.401 e. The summed E-state index contributed by atoms with van der Waals surface area (Å²) in [6.45, 7) is 5.41. The average Bonchev–Trinajstić information content (AvgIpc) is 3.30. The van der Waals surface area contributed by atoms with E-state index in [1.807, 2.05) is 31.5 Å². The number of aromatic nitrogens is 3. The fourth-order valence-corrected chi connectivity index (χ4v) is 5.35. The normalized spacial score (nSPS) is 17.1. The number of hydrogen-bond donors (Lipinski definition) is 3. The van der Waals surface area contributed by atoms with Gasteiger partial charge in [0, 0.05) is 78.7 Å². The van der Waals surface area contributed by atoms with E-state index in [4.69, 9.17) is 11.1 Å². The zero-order valence-corrected chi connectivity index (χ0v) is 20.0. The van der Waals surface area contributed by atoms with Crippen molar-refractivity contribution in [3.8, 4) is 0 Å². The zero-order valence-electron chi connectivity index (χ0n) is 19.1. The summed E-state index contributed by atoms with van der Waals surface area (Å²) in [5.74, 6) is -0.499. The molecule has 10 heteroatoms. The number of nitrogens with two attached hydrogens (primary N) is 1. The van der Waals surface area contributed by atoms with Crippen molar-refractivity contribution < 1.29 is 9.18 Å². The molecular weight excluding hydrogens is 441 g/mol. The van der Waals surface area contributed by atoms with Crippen LogP contribution in [0.5, 0.6) is 0 Å². The van der Waals surface area contributed by atoms with Gasteiger partial charge in [-0.2, -0.15) is 5.10 Å². The highest BCUT2D eigenvalue weighted by Crippen LogP contribution is 2.33. The van der Waals surface area contributed by atoms with Crippen molar-refractivity contribution in [1.29, 1.82) is 5.41 Å². The third kappa shape index (κ3) is 4.28. The summed E-state index contributed by atoms with van der Waals surface area (Å²) < 4.78 is 20.1. The largest absolute Gasteiger partial charge is 0.401 e. The summed E-state index contributed by atoms with van der Waals surface area (Å²) >= 11 is 1.56. The van der Waals surface area contributed by atoms with Crippen molar-refractivity contribution in [3.63, 3.8) is 0 Å². The Hall–Kier alpha value is -3.11. The molecule has 0 fully saturated rings. The number of amides is 1. The molecule has 1 aliphatic rings. The monoisotopic (exact) mass is 469 g/mol. The van der Waals surface area contributed by atoms with Gasteiger partial charge >= 0.3 is 0 Å². The maximum Gasteiger partial charge on any atom is 0.268 e. The zero-order chi connectivity index (χ0) is 23.9. The Bertz CT molecular complexity index is 1280. The minimum absolute atomic E-state index is 0.0602. The number of halogens is 1. The maximum atomic E-state index is 14.5. The van der Waals surface area contributed by atoms with E-state index in [0.29, 0.717) is 23.3 Å². The predicted octanol–water partition coefficient (Wildman–Crippen LogP) is 3.11. The van der Waals surface area contributed by atoms with Crippen LogP contribution in [0.3, 0.4) is 0 Å². The van der Waals surface area contributed by atoms with Gasteiger partial charge in [-0.05, 0) is 37.1 Å². The number of benzene rings is 1. The summed E-state index contributed by atoms with van der Waals surface area (Å²) in [7, 11) is 3.60. The molecule has 174 valence electrons. The summed E-state index contributed by atoms with van der Waals surface area (Å²) in [5.41, 5.74) is 10.2. The van der Waals surface area contributed by atoms with Crippen molar-refractivity contribution in [1.82, 2.24) is 24.0 Å². The number of carbonyl (C=O) groups is 1. The maximum absolute atomic E-state index is 14.5. The number of aryl methyl sites for hydroxylation is 1. The van der Waals surface area contributed by atoms with Crippen molar-refractivity contribution in [3.05, 3.63) is 58.4 Å². The SMILES string of the molecule is Cc1c(SN2CC(C=N)=C(N)C(C)C2)cc(C(=O)NCc2c(F)ccc3cnn(C)c23)n1C. The van der Waals surface area contributed by atoms with E-state index < -0.39 is 0 Å². The second-order valence-electron chi connectivity index (χ2n) is 8.39. The molecule has 4 N–H and O–H groups in total. The van der Waals surface area contributed by atoms with Gasteiger partial charge in [-0.1, -0.05) is 6.92 Å². The Morgan fingerprint density at radius 2 is 2.18 bits per heavy atom.